The summed E-state index contributed by atoms with van der Waals surface area (Å²) in [5.74, 6) is -3.53. The SMILES string of the molecule is COC[C@H](NC(=O)Cc1cccc(F)c1F)C(N)=O. The van der Waals surface area contributed by atoms with Gasteiger partial charge in [-0.25, -0.2) is 8.78 Å². The molecule has 1 atom stereocenters. The molecule has 1 rings (SSSR count). The number of hydrogen-bond donors (Lipinski definition) is 2. The number of nitrogens with one attached hydrogen (secondary N) is 1. The summed E-state index contributed by atoms with van der Waals surface area (Å²) < 4.78 is 31.0. The van der Waals surface area contributed by atoms with Crippen LogP contribution in [0, 0.1) is 11.6 Å². The Labute approximate surface area is 108 Å². The van der Waals surface area contributed by atoms with Crippen molar-refractivity contribution in [2.45, 2.75) is 12.5 Å². The molecule has 0 bridgehead atoms. The molecule has 0 aromatic heterocycles. The van der Waals surface area contributed by atoms with Gasteiger partial charge in [-0.2, -0.15) is 0 Å². The largest absolute Gasteiger partial charge is 0.382 e. The molecular formula is C12H14F2N2O3. The highest BCUT2D eigenvalue weighted by Crippen LogP contribution is 2.11. The third-order valence-corrected chi connectivity index (χ3v) is 2.39. The van der Waals surface area contributed by atoms with Gasteiger partial charge in [-0.15, -0.1) is 0 Å². The summed E-state index contributed by atoms with van der Waals surface area (Å²) in [6.45, 7) is -0.0906. The molecular weight excluding hydrogens is 258 g/mol. The zero-order chi connectivity index (χ0) is 14.4. The van der Waals surface area contributed by atoms with Crippen LogP contribution in [0.15, 0.2) is 18.2 Å². The number of halogens is 2. The number of amides is 2. The lowest BCUT2D eigenvalue weighted by molar-refractivity contribution is -0.128. The monoisotopic (exact) mass is 272 g/mol. The van der Waals surface area contributed by atoms with Gasteiger partial charge in [0, 0.05) is 12.7 Å². The average Bonchev–Trinajstić information content (AvgIpc) is 2.34. The maximum atomic E-state index is 13.3. The summed E-state index contributed by atoms with van der Waals surface area (Å²) in [5, 5.41) is 2.28. The third kappa shape index (κ3) is 4.29. The van der Waals surface area contributed by atoms with Crippen molar-refractivity contribution in [2.24, 2.45) is 5.73 Å². The zero-order valence-corrected chi connectivity index (χ0v) is 10.3. The van der Waals surface area contributed by atoms with Gasteiger partial charge in [0.1, 0.15) is 6.04 Å². The second-order valence-corrected chi connectivity index (χ2v) is 3.87. The number of carbonyl (C=O) groups is 2. The van der Waals surface area contributed by atoms with E-state index in [1.54, 1.807) is 0 Å². The molecule has 0 spiro atoms. The number of benzene rings is 1. The number of nitrogens with two attached hydrogens (primary N) is 1. The Bertz CT molecular complexity index is 480. The summed E-state index contributed by atoms with van der Waals surface area (Å²) in [4.78, 5) is 22.6. The molecule has 0 heterocycles. The van der Waals surface area contributed by atoms with E-state index in [1.165, 1.54) is 19.2 Å². The van der Waals surface area contributed by atoms with Gasteiger partial charge in [-0.1, -0.05) is 12.1 Å². The molecule has 19 heavy (non-hydrogen) atoms. The predicted molar refractivity (Wildman–Crippen MR) is 63.1 cm³/mol. The molecule has 0 radical (unpaired) electrons. The summed E-state index contributed by atoms with van der Waals surface area (Å²) in [6, 6.07) is 2.53. The first-order chi connectivity index (χ1) is 8.95. The van der Waals surface area contributed by atoms with Crippen molar-refractivity contribution in [3.63, 3.8) is 0 Å². The molecule has 0 aliphatic rings. The lowest BCUT2D eigenvalue weighted by Crippen LogP contribution is -2.47. The summed E-state index contributed by atoms with van der Waals surface area (Å²) in [7, 11) is 1.34. The van der Waals surface area contributed by atoms with E-state index in [4.69, 9.17) is 10.5 Å². The molecule has 3 N–H and O–H groups in total. The Morgan fingerprint density at radius 1 is 1.42 bits per heavy atom. The highest BCUT2D eigenvalue weighted by molar-refractivity contribution is 5.87. The van der Waals surface area contributed by atoms with E-state index < -0.39 is 35.9 Å². The number of rotatable bonds is 6. The van der Waals surface area contributed by atoms with E-state index in [0.717, 1.165) is 6.07 Å². The maximum Gasteiger partial charge on any atom is 0.242 e. The van der Waals surface area contributed by atoms with Gasteiger partial charge in [0.25, 0.3) is 0 Å². The van der Waals surface area contributed by atoms with Gasteiger partial charge in [-0.3, -0.25) is 9.59 Å². The minimum atomic E-state index is -1.08. The van der Waals surface area contributed by atoms with Crippen LogP contribution in [0.3, 0.4) is 0 Å². The Kier molecular flexibility index (Phi) is 5.37. The predicted octanol–water partition coefficient (Wildman–Crippen LogP) is 0.124. The van der Waals surface area contributed by atoms with E-state index >= 15 is 0 Å². The lowest BCUT2D eigenvalue weighted by atomic mass is 10.1. The summed E-state index contributed by atoms with van der Waals surface area (Å²) in [5.41, 5.74) is 4.95. The van der Waals surface area contributed by atoms with Crippen LogP contribution >= 0.6 is 0 Å². The molecule has 0 fully saturated rings. The maximum absolute atomic E-state index is 13.3. The second kappa shape index (κ2) is 6.79. The number of methoxy groups -OCH3 is 1. The quantitative estimate of drug-likeness (QED) is 0.772. The minimum absolute atomic E-state index is 0.0906. The first-order valence-corrected chi connectivity index (χ1v) is 5.46. The highest BCUT2D eigenvalue weighted by Gasteiger charge is 2.19. The molecule has 2 amide bonds. The van der Waals surface area contributed by atoms with Crippen molar-refractivity contribution >= 4 is 11.8 Å². The Morgan fingerprint density at radius 3 is 2.68 bits per heavy atom. The van der Waals surface area contributed by atoms with Crippen LogP contribution in [-0.4, -0.2) is 31.6 Å². The fourth-order valence-electron chi connectivity index (χ4n) is 1.46. The van der Waals surface area contributed by atoms with Gasteiger partial charge >= 0.3 is 0 Å². The van der Waals surface area contributed by atoms with Crippen LogP contribution < -0.4 is 11.1 Å². The Morgan fingerprint density at radius 2 is 2.11 bits per heavy atom. The van der Waals surface area contributed by atoms with Crippen molar-refractivity contribution in [1.82, 2.24) is 5.32 Å². The smallest absolute Gasteiger partial charge is 0.242 e. The molecule has 5 nitrogen and oxygen atoms in total. The first-order valence-electron chi connectivity index (χ1n) is 5.46. The highest BCUT2D eigenvalue weighted by atomic mass is 19.2. The topological polar surface area (TPSA) is 81.4 Å². The van der Waals surface area contributed by atoms with E-state index in [-0.39, 0.29) is 12.2 Å². The van der Waals surface area contributed by atoms with Crippen LogP contribution in [0.2, 0.25) is 0 Å². The summed E-state index contributed by atoms with van der Waals surface area (Å²) in [6.07, 6.45) is -0.392. The fourth-order valence-corrected chi connectivity index (χ4v) is 1.46. The normalized spacial score (nSPS) is 11.9. The van der Waals surface area contributed by atoms with Gasteiger partial charge in [0.2, 0.25) is 11.8 Å². The molecule has 7 heteroatoms. The summed E-state index contributed by atoms with van der Waals surface area (Å²) >= 11 is 0. The first kappa shape index (κ1) is 15.0. The van der Waals surface area contributed by atoms with Crippen LogP contribution in [0.25, 0.3) is 0 Å². The van der Waals surface area contributed by atoms with Gasteiger partial charge in [0.15, 0.2) is 11.6 Å². The minimum Gasteiger partial charge on any atom is -0.382 e. The molecule has 0 saturated heterocycles. The Balaban J connectivity index is 2.69. The van der Waals surface area contributed by atoms with Crippen molar-refractivity contribution in [1.29, 1.82) is 0 Å². The van der Waals surface area contributed by atoms with Gasteiger partial charge < -0.3 is 15.8 Å². The molecule has 0 saturated carbocycles. The van der Waals surface area contributed by atoms with Crippen molar-refractivity contribution < 1.29 is 23.1 Å². The molecule has 1 aromatic rings. The van der Waals surface area contributed by atoms with Crippen molar-refractivity contribution in [3.05, 3.63) is 35.4 Å². The van der Waals surface area contributed by atoms with E-state index in [2.05, 4.69) is 5.32 Å². The van der Waals surface area contributed by atoms with Crippen molar-refractivity contribution in [3.8, 4) is 0 Å². The van der Waals surface area contributed by atoms with Gasteiger partial charge in [0.05, 0.1) is 13.0 Å². The second-order valence-electron chi connectivity index (χ2n) is 3.87. The lowest BCUT2D eigenvalue weighted by Gasteiger charge is -2.14. The Hall–Kier alpha value is -2.02. The fraction of sp³-hybridized carbons (Fsp3) is 0.333. The van der Waals surface area contributed by atoms with E-state index in [9.17, 15) is 18.4 Å². The molecule has 0 unspecified atom stereocenters. The van der Waals surface area contributed by atoms with E-state index in [1.807, 2.05) is 0 Å². The number of hydrogen-bond acceptors (Lipinski definition) is 3. The zero-order valence-electron chi connectivity index (χ0n) is 10.3. The van der Waals surface area contributed by atoms with Crippen LogP contribution in [-0.2, 0) is 20.7 Å². The van der Waals surface area contributed by atoms with Crippen LogP contribution in [0.5, 0.6) is 0 Å². The van der Waals surface area contributed by atoms with E-state index in [0.29, 0.717) is 0 Å². The van der Waals surface area contributed by atoms with Crippen LogP contribution in [0.4, 0.5) is 8.78 Å². The average molecular weight is 272 g/mol. The number of carbonyl (C=O) groups excluding carboxylic acids is 2. The standard InChI is InChI=1S/C12H14F2N2O3/c1-19-6-9(12(15)18)16-10(17)5-7-3-2-4-8(13)11(7)14/h2-4,9H,5-6H2,1H3,(H2,15,18)(H,16,17)/t9-/m0/s1. The third-order valence-electron chi connectivity index (χ3n) is 2.39. The van der Waals surface area contributed by atoms with Gasteiger partial charge in [-0.05, 0) is 6.07 Å². The molecule has 0 aliphatic heterocycles. The molecule has 104 valence electrons. The molecule has 1 aromatic carbocycles. The van der Waals surface area contributed by atoms with Crippen LogP contribution in [0.1, 0.15) is 5.56 Å². The number of primary amides is 1. The number of ether oxygens (including phenoxy) is 1. The molecule has 0 aliphatic carbocycles. The van der Waals surface area contributed by atoms with Crippen molar-refractivity contribution in [2.75, 3.05) is 13.7 Å².